The van der Waals surface area contributed by atoms with E-state index in [9.17, 15) is 43.2 Å². The third-order valence-corrected chi connectivity index (χ3v) is 19.3. The van der Waals surface area contributed by atoms with Crippen molar-refractivity contribution in [3.63, 3.8) is 0 Å². The molecule has 0 aromatic heterocycles. The fourth-order valence-electron chi connectivity index (χ4n) is 12.4. The second-order valence-electron chi connectivity index (χ2n) is 26.7. The van der Waals surface area contributed by atoms with Gasteiger partial charge >= 0.3 is 41.8 Å². The Morgan fingerprint density at radius 2 is 0.907 bits per heavy atom. The third kappa shape index (κ3) is 28.6. The highest BCUT2D eigenvalue weighted by atomic mass is 35.5. The Kier molecular flexibility index (Phi) is 36.7. The Morgan fingerprint density at radius 3 is 1.29 bits per heavy atom. The van der Waals surface area contributed by atoms with Crippen LogP contribution in [0.25, 0.3) is 0 Å². The molecule has 5 aliphatic rings. The standard InChI is InChI=1S/C20H21NO3.C20H23NO2.C14H17NO3.C11H12ClNO2.C8H11N.C7H10O4.C5H9NO2/c1-15(17-10-6-3-7-11-17)21-13-18(12-19(21)22)20(23)24-14-16-8-4-2-5-9-16;1-16(18-10-6-3-7-11-18)21-13-12-19(14-21)20(22)23-15-17-8-4-2-5-9-17;1-10(11-6-4-3-5-7-11)15-9-12(8-13(15)16)14(17)18-2;12-9-1-3-10(4-2-9)13-6-5-8(7-13)11(14)15;1-7(9)8-5-3-2-4-6-8;1-5(7(9)11-3)4-6(8)10-2;7-5(8)4-1-2-6-3-4/h2-11,15,18H,12-14H2,1H3;2-11,16,19H,12-15H2,1H3;3-7,10,12H,8-9H2,1-2H3;1-4,8H,5-7H2,(H,14,15);2-7H,9H2,1H3;1,4H2,2-3H3;4,6H,1-3H2,(H,7,8)/t15-,18-;16-,19-;10-,12-;8-;7-;;4-/m11111.1/s1. The summed E-state index contributed by atoms with van der Waals surface area (Å²) in [5, 5.41) is 20.9. The van der Waals surface area contributed by atoms with Crippen molar-refractivity contribution in [1.82, 2.24) is 20.0 Å². The number of likely N-dealkylation sites (tertiary alicyclic amines) is 3. The molecule has 5 N–H and O–H groups in total. The lowest BCUT2D eigenvalue weighted by atomic mass is 10.1. The van der Waals surface area contributed by atoms with E-state index in [-0.39, 0.29) is 109 Å². The van der Waals surface area contributed by atoms with E-state index in [4.69, 9.17) is 41.8 Å². The molecule has 108 heavy (non-hydrogen) atoms. The minimum atomic E-state index is -0.702. The molecule has 7 aromatic carbocycles. The zero-order valence-corrected chi connectivity index (χ0v) is 63.5. The lowest BCUT2D eigenvalue weighted by Gasteiger charge is -2.25. The zero-order chi connectivity index (χ0) is 78.5. The number of carboxylic acids is 2. The van der Waals surface area contributed by atoms with Gasteiger partial charge in [0.25, 0.3) is 0 Å². The molecule has 5 heterocycles. The van der Waals surface area contributed by atoms with Crippen LogP contribution in [-0.4, -0.2) is 152 Å². The molecule has 0 bridgehead atoms. The number of nitrogens with two attached hydrogens (primary N) is 1. The van der Waals surface area contributed by atoms with Gasteiger partial charge in [-0.3, -0.25) is 43.3 Å². The van der Waals surface area contributed by atoms with Crippen molar-refractivity contribution in [1.29, 1.82) is 0 Å². The Labute approximate surface area is 639 Å². The minimum absolute atomic E-state index is 0.00615. The topological polar surface area (TPSA) is 291 Å². The number of esters is 5. The number of carboxylic acid groups (broad SMARTS) is 2. The minimum Gasteiger partial charge on any atom is -0.481 e. The van der Waals surface area contributed by atoms with E-state index in [2.05, 4.69) is 62.4 Å². The number of halogens is 1. The molecule has 5 aliphatic heterocycles. The van der Waals surface area contributed by atoms with Gasteiger partial charge in [0.15, 0.2) is 0 Å². The summed E-state index contributed by atoms with van der Waals surface area (Å²) in [6.45, 7) is 17.6. The van der Waals surface area contributed by atoms with Crippen LogP contribution in [0, 0.1) is 29.6 Å². The number of methoxy groups -OCH3 is 3. The van der Waals surface area contributed by atoms with Gasteiger partial charge in [-0.25, -0.2) is 4.79 Å². The molecule has 12 rings (SSSR count). The summed E-state index contributed by atoms with van der Waals surface area (Å²) in [6, 6.07) is 67.5. The first kappa shape index (κ1) is 86.4. The highest BCUT2D eigenvalue weighted by molar-refractivity contribution is 6.30. The van der Waals surface area contributed by atoms with Crippen molar-refractivity contribution in [2.24, 2.45) is 35.3 Å². The van der Waals surface area contributed by atoms with Gasteiger partial charge in [-0.1, -0.05) is 200 Å². The first-order valence-corrected chi connectivity index (χ1v) is 36.6. The number of carbonyl (C=O) groups is 9. The van der Waals surface area contributed by atoms with Gasteiger partial charge in [0.05, 0.1) is 69.4 Å². The normalized spacial score (nSPS) is 18.6. The number of amides is 2. The number of hydrogen-bond acceptors (Lipinski definition) is 18. The largest absolute Gasteiger partial charge is 0.481 e. The Morgan fingerprint density at radius 1 is 0.491 bits per heavy atom. The number of carbonyl (C=O) groups excluding carboxylic acids is 7. The number of hydrogen-bond donors (Lipinski definition) is 4. The molecule has 0 aliphatic carbocycles. The van der Waals surface area contributed by atoms with Gasteiger partial charge in [0.2, 0.25) is 11.8 Å². The van der Waals surface area contributed by atoms with E-state index >= 15 is 0 Å². The SMILES string of the molecule is C=C(CC(=O)OC)C(=O)OC.COC(=O)[C@@H]1CC(=O)N([C@H](C)c2ccccc2)C1.C[C@@H](N)c1ccccc1.C[C@H](c1ccccc1)N1CC[C@@H](C(=O)OCc2ccccc2)C1.C[C@H](c1ccccc1)N1C[C@H](C(=O)OCc2ccccc2)CC1=O.O=C(O)[C@@H]1CCN(c2ccc(Cl)cc2)C1.O=C(O)[C@@H]1CCNC1. The average molecular weight is 1500 g/mol. The van der Waals surface area contributed by atoms with Crippen molar-refractivity contribution in [2.45, 2.75) is 104 Å². The first-order chi connectivity index (χ1) is 51.9. The van der Waals surface area contributed by atoms with Gasteiger partial charge in [-0.05, 0) is 118 Å². The molecular formula is C85H103ClN6O16. The fraction of sp³-hybridized carbons (Fsp3) is 0.376. The molecule has 0 radical (unpaired) electrons. The lowest BCUT2D eigenvalue weighted by molar-refractivity contribution is -0.150. The van der Waals surface area contributed by atoms with Crippen LogP contribution in [0.4, 0.5) is 5.69 Å². The van der Waals surface area contributed by atoms with Crippen molar-refractivity contribution in [3.8, 4) is 0 Å². The summed E-state index contributed by atoms with van der Waals surface area (Å²) in [4.78, 5) is 110. The highest BCUT2D eigenvalue weighted by Crippen LogP contribution is 2.32. The van der Waals surface area contributed by atoms with Crippen molar-refractivity contribution in [2.75, 3.05) is 78.6 Å². The molecule has 23 heteroatoms. The number of ether oxygens (including phenoxy) is 5. The van der Waals surface area contributed by atoms with E-state index < -0.39 is 23.9 Å². The van der Waals surface area contributed by atoms with E-state index in [0.717, 1.165) is 73.4 Å². The maximum absolute atomic E-state index is 12.3. The highest BCUT2D eigenvalue weighted by Gasteiger charge is 2.40. The fourth-order valence-corrected chi connectivity index (χ4v) is 12.5. The molecule has 9 atom stereocenters. The van der Waals surface area contributed by atoms with Gasteiger partial charge in [-0.2, -0.15) is 0 Å². The molecule has 5 fully saturated rings. The van der Waals surface area contributed by atoms with Crippen molar-refractivity contribution < 1.29 is 77.0 Å². The van der Waals surface area contributed by atoms with Crippen LogP contribution in [0.1, 0.15) is 124 Å². The number of nitrogens with zero attached hydrogens (tertiary/aromatic N) is 4. The smallest absolute Gasteiger partial charge is 0.333 e. The number of aliphatic carboxylic acids is 2. The van der Waals surface area contributed by atoms with E-state index in [0.29, 0.717) is 43.9 Å². The molecule has 0 unspecified atom stereocenters. The molecule has 5 saturated heterocycles. The van der Waals surface area contributed by atoms with Crippen LogP contribution in [0.5, 0.6) is 0 Å². The van der Waals surface area contributed by atoms with Crippen molar-refractivity contribution in [3.05, 3.63) is 257 Å². The summed E-state index contributed by atoms with van der Waals surface area (Å²) < 4.78 is 24.2. The molecule has 2 amide bonds. The third-order valence-electron chi connectivity index (χ3n) is 19.0. The molecular weight excluding hydrogens is 1400 g/mol. The monoisotopic (exact) mass is 1500 g/mol. The van der Waals surface area contributed by atoms with E-state index in [1.165, 1.54) is 32.5 Å². The van der Waals surface area contributed by atoms with Gasteiger partial charge in [0.1, 0.15) is 13.2 Å². The van der Waals surface area contributed by atoms with Crippen LogP contribution >= 0.6 is 11.6 Å². The number of benzene rings is 7. The van der Waals surface area contributed by atoms with E-state index in [1.54, 1.807) is 9.80 Å². The van der Waals surface area contributed by atoms with Crippen LogP contribution in [0.15, 0.2) is 218 Å². The predicted molar refractivity (Wildman–Crippen MR) is 413 cm³/mol. The van der Waals surface area contributed by atoms with Crippen LogP contribution in [0.3, 0.4) is 0 Å². The Hall–Kier alpha value is -10.5. The summed E-state index contributed by atoms with van der Waals surface area (Å²) in [5.74, 6) is -4.19. The number of nitrogens with one attached hydrogen (secondary N) is 1. The van der Waals surface area contributed by atoms with Gasteiger partial charge < -0.3 is 59.6 Å². The summed E-state index contributed by atoms with van der Waals surface area (Å²) in [6.07, 6.45) is 2.75. The second-order valence-corrected chi connectivity index (χ2v) is 27.1. The summed E-state index contributed by atoms with van der Waals surface area (Å²) in [5.41, 5.74) is 13.4. The quantitative estimate of drug-likeness (QED) is 0.0313. The predicted octanol–water partition coefficient (Wildman–Crippen LogP) is 12.8. The first-order valence-electron chi connectivity index (χ1n) is 36.2. The molecule has 22 nitrogen and oxygen atoms in total. The summed E-state index contributed by atoms with van der Waals surface area (Å²) in [7, 11) is 3.83. The van der Waals surface area contributed by atoms with Crippen LogP contribution < -0.4 is 16.0 Å². The van der Waals surface area contributed by atoms with Crippen LogP contribution in [-0.2, 0) is 80.0 Å². The Balaban J connectivity index is 0.000000204. The van der Waals surface area contributed by atoms with Crippen molar-refractivity contribution >= 4 is 70.9 Å². The molecule has 576 valence electrons. The zero-order valence-electron chi connectivity index (χ0n) is 62.7. The van der Waals surface area contributed by atoms with E-state index in [1.807, 2.05) is 203 Å². The second kappa shape index (κ2) is 45.9. The number of anilines is 1. The maximum atomic E-state index is 12.3. The molecule has 0 spiro atoms. The maximum Gasteiger partial charge on any atom is 0.333 e. The summed E-state index contributed by atoms with van der Waals surface area (Å²) >= 11 is 5.78. The number of rotatable bonds is 20. The van der Waals surface area contributed by atoms with Gasteiger partial charge in [0, 0.05) is 80.5 Å². The molecule has 0 saturated carbocycles. The molecule has 7 aromatic rings. The van der Waals surface area contributed by atoms with Crippen LogP contribution in [0.2, 0.25) is 5.02 Å². The Bertz CT molecular complexity index is 3930. The average Bonchev–Trinajstić information content (AvgIpc) is 1.68. The lowest BCUT2D eigenvalue weighted by Crippen LogP contribution is -2.29. The van der Waals surface area contributed by atoms with Gasteiger partial charge in [-0.15, -0.1) is 0 Å².